The SMILES string of the molecule is CCOC(=O)C1=C(C)N=c2sc(=Cc3cc(Br)c(OCc4ccc(F)cc4)c(Br)c3)c(=O)n2[C@@H]1c1ccc(Cl)cc1. The molecular weight excluding hydrogens is 699 g/mol. The smallest absolute Gasteiger partial charge is 0.338 e. The van der Waals surface area contributed by atoms with Gasteiger partial charge in [-0.2, -0.15) is 0 Å². The van der Waals surface area contributed by atoms with E-state index in [1.54, 1.807) is 56.3 Å². The van der Waals surface area contributed by atoms with Gasteiger partial charge in [-0.05, 0) is 105 Å². The summed E-state index contributed by atoms with van der Waals surface area (Å²) in [6, 6.07) is 16.1. The van der Waals surface area contributed by atoms with Crippen molar-refractivity contribution < 1.29 is 18.7 Å². The highest BCUT2D eigenvalue weighted by Gasteiger charge is 2.33. The molecule has 0 unspecified atom stereocenters. The van der Waals surface area contributed by atoms with E-state index >= 15 is 0 Å². The molecule has 0 saturated heterocycles. The number of hydrogen-bond acceptors (Lipinski definition) is 6. The van der Waals surface area contributed by atoms with Gasteiger partial charge in [0.1, 0.15) is 18.2 Å². The van der Waals surface area contributed by atoms with Crippen LogP contribution in [0.4, 0.5) is 4.39 Å². The highest BCUT2D eigenvalue weighted by Crippen LogP contribution is 2.36. The minimum Gasteiger partial charge on any atom is -0.487 e. The van der Waals surface area contributed by atoms with Gasteiger partial charge >= 0.3 is 5.97 Å². The Hall–Kier alpha value is -3.05. The number of esters is 1. The van der Waals surface area contributed by atoms with Crippen molar-refractivity contribution in [2.75, 3.05) is 6.61 Å². The largest absolute Gasteiger partial charge is 0.487 e. The van der Waals surface area contributed by atoms with Crippen molar-refractivity contribution in [3.63, 3.8) is 0 Å². The van der Waals surface area contributed by atoms with Gasteiger partial charge in [-0.3, -0.25) is 9.36 Å². The Morgan fingerprint density at radius 3 is 2.41 bits per heavy atom. The molecule has 0 saturated carbocycles. The first-order valence-corrected chi connectivity index (χ1v) is 15.3. The molecule has 1 aliphatic rings. The molecule has 11 heteroatoms. The zero-order valence-corrected chi connectivity index (χ0v) is 26.5. The number of hydrogen-bond donors (Lipinski definition) is 0. The highest BCUT2D eigenvalue weighted by molar-refractivity contribution is 9.11. The Kier molecular flexibility index (Phi) is 8.94. The van der Waals surface area contributed by atoms with Crippen LogP contribution in [-0.2, 0) is 16.1 Å². The third-order valence-corrected chi connectivity index (χ3v) is 8.73. The number of rotatable bonds is 7. The maximum Gasteiger partial charge on any atom is 0.338 e. The Labute approximate surface area is 260 Å². The number of aromatic nitrogens is 1. The third-order valence-electron chi connectivity index (χ3n) is 6.32. The third kappa shape index (κ3) is 6.25. The van der Waals surface area contributed by atoms with Gasteiger partial charge in [0.25, 0.3) is 5.56 Å². The fourth-order valence-electron chi connectivity index (χ4n) is 4.44. The lowest BCUT2D eigenvalue weighted by atomic mass is 9.96. The topological polar surface area (TPSA) is 69.9 Å². The summed E-state index contributed by atoms with van der Waals surface area (Å²) in [4.78, 5) is 31.9. The van der Waals surface area contributed by atoms with E-state index in [1.165, 1.54) is 28.0 Å². The summed E-state index contributed by atoms with van der Waals surface area (Å²) in [5.41, 5.74) is 2.79. The van der Waals surface area contributed by atoms with Crippen LogP contribution in [0.5, 0.6) is 5.75 Å². The van der Waals surface area contributed by atoms with Crippen LogP contribution >= 0.6 is 54.8 Å². The van der Waals surface area contributed by atoms with Gasteiger partial charge in [-0.1, -0.05) is 47.2 Å². The van der Waals surface area contributed by atoms with Crippen molar-refractivity contribution in [3.8, 4) is 5.75 Å². The quantitative estimate of drug-likeness (QED) is 0.200. The maximum atomic E-state index is 13.8. The standard InChI is InChI=1S/C30H22Br2ClFN2O4S/c1-3-39-29(38)25-16(2)35-30-36(26(25)19-6-8-20(33)9-7-19)28(37)24(41-30)14-18-12-22(31)27(23(32)13-18)40-15-17-4-10-21(34)11-5-17/h4-14,26H,3,15H2,1-2H3/t26-/m1/s1. The molecule has 0 radical (unpaired) electrons. The number of benzene rings is 3. The predicted molar refractivity (Wildman–Crippen MR) is 164 cm³/mol. The molecule has 0 N–H and O–H groups in total. The zero-order chi connectivity index (χ0) is 29.3. The summed E-state index contributed by atoms with van der Waals surface area (Å²) in [6.07, 6.45) is 1.77. The zero-order valence-electron chi connectivity index (χ0n) is 21.8. The van der Waals surface area contributed by atoms with E-state index in [0.717, 1.165) is 11.1 Å². The lowest BCUT2D eigenvalue weighted by molar-refractivity contribution is -0.139. The molecule has 4 aromatic rings. The van der Waals surface area contributed by atoms with Crippen LogP contribution in [0.3, 0.4) is 0 Å². The van der Waals surface area contributed by atoms with E-state index in [4.69, 9.17) is 21.1 Å². The second-order valence-electron chi connectivity index (χ2n) is 9.08. The van der Waals surface area contributed by atoms with E-state index < -0.39 is 12.0 Å². The first kappa shape index (κ1) is 29.4. The molecule has 0 fully saturated rings. The van der Waals surface area contributed by atoms with Crippen molar-refractivity contribution >= 4 is 66.8 Å². The molecule has 1 atom stereocenters. The summed E-state index contributed by atoms with van der Waals surface area (Å²) < 4.78 is 27.8. The van der Waals surface area contributed by atoms with Crippen molar-refractivity contribution in [2.45, 2.75) is 26.5 Å². The molecule has 0 aliphatic carbocycles. The number of thiazole rings is 1. The molecule has 210 valence electrons. The van der Waals surface area contributed by atoms with Crippen molar-refractivity contribution in [1.29, 1.82) is 0 Å². The Morgan fingerprint density at radius 2 is 1.78 bits per heavy atom. The van der Waals surface area contributed by atoms with Gasteiger partial charge in [0, 0.05) is 5.02 Å². The minimum atomic E-state index is -0.717. The Bertz CT molecular complexity index is 1830. The number of carbonyl (C=O) groups is 1. The second kappa shape index (κ2) is 12.4. The molecule has 0 spiro atoms. The Balaban J connectivity index is 1.54. The number of halogens is 4. The van der Waals surface area contributed by atoms with Crippen LogP contribution in [0.15, 0.2) is 90.7 Å². The molecule has 1 aromatic heterocycles. The number of allylic oxidation sites excluding steroid dienone is 1. The van der Waals surface area contributed by atoms with Gasteiger partial charge in [0.15, 0.2) is 4.80 Å². The molecule has 5 rings (SSSR count). The van der Waals surface area contributed by atoms with Crippen LogP contribution in [0, 0.1) is 5.82 Å². The molecular formula is C30H22Br2ClFN2O4S. The van der Waals surface area contributed by atoms with Gasteiger partial charge in [0.05, 0.1) is 37.4 Å². The number of nitrogens with zero attached hydrogens (tertiary/aromatic N) is 2. The van der Waals surface area contributed by atoms with E-state index in [2.05, 4.69) is 36.9 Å². The number of ether oxygens (including phenoxy) is 2. The lowest BCUT2D eigenvalue weighted by Gasteiger charge is -2.24. The Morgan fingerprint density at radius 1 is 1.12 bits per heavy atom. The fraction of sp³-hybridized carbons (Fsp3) is 0.167. The molecule has 2 heterocycles. The van der Waals surface area contributed by atoms with Crippen molar-refractivity contribution in [2.24, 2.45) is 4.99 Å². The van der Waals surface area contributed by atoms with Crippen LogP contribution in [0.2, 0.25) is 5.02 Å². The van der Waals surface area contributed by atoms with Crippen LogP contribution < -0.4 is 19.6 Å². The second-order valence-corrected chi connectivity index (χ2v) is 12.2. The van der Waals surface area contributed by atoms with E-state index in [1.807, 2.05) is 12.1 Å². The van der Waals surface area contributed by atoms with Crippen LogP contribution in [0.25, 0.3) is 6.08 Å². The average molecular weight is 721 g/mol. The van der Waals surface area contributed by atoms with Crippen molar-refractivity contribution in [3.05, 3.63) is 128 Å². The summed E-state index contributed by atoms with van der Waals surface area (Å²) in [5, 5.41) is 0.542. The molecule has 0 bridgehead atoms. The first-order chi connectivity index (χ1) is 19.7. The maximum absolute atomic E-state index is 13.8. The van der Waals surface area contributed by atoms with Gasteiger partial charge in [0.2, 0.25) is 0 Å². The van der Waals surface area contributed by atoms with Crippen molar-refractivity contribution in [1.82, 2.24) is 4.57 Å². The number of fused-ring (bicyclic) bond motifs is 1. The van der Waals surface area contributed by atoms with Gasteiger partial charge in [-0.25, -0.2) is 14.2 Å². The highest BCUT2D eigenvalue weighted by atomic mass is 79.9. The van der Waals surface area contributed by atoms with E-state index in [9.17, 15) is 14.0 Å². The molecule has 1 aliphatic heterocycles. The molecule has 0 amide bonds. The van der Waals surface area contributed by atoms with Gasteiger partial charge in [-0.15, -0.1) is 0 Å². The van der Waals surface area contributed by atoms with Crippen LogP contribution in [-0.4, -0.2) is 17.1 Å². The van der Waals surface area contributed by atoms with Crippen LogP contribution in [0.1, 0.15) is 36.6 Å². The normalized spacial score (nSPS) is 15.0. The monoisotopic (exact) mass is 718 g/mol. The van der Waals surface area contributed by atoms with E-state index in [-0.39, 0.29) is 24.6 Å². The summed E-state index contributed by atoms with van der Waals surface area (Å²) in [7, 11) is 0. The first-order valence-electron chi connectivity index (χ1n) is 12.5. The summed E-state index contributed by atoms with van der Waals surface area (Å²) >= 11 is 14.5. The van der Waals surface area contributed by atoms with E-state index in [0.29, 0.717) is 45.9 Å². The summed E-state index contributed by atoms with van der Waals surface area (Å²) in [5.74, 6) is -0.255. The number of carbonyl (C=O) groups excluding carboxylic acids is 1. The minimum absolute atomic E-state index is 0.195. The summed E-state index contributed by atoms with van der Waals surface area (Å²) in [6.45, 7) is 3.92. The van der Waals surface area contributed by atoms with Gasteiger partial charge < -0.3 is 9.47 Å². The molecule has 6 nitrogen and oxygen atoms in total. The predicted octanol–water partition coefficient (Wildman–Crippen LogP) is 6.69. The molecule has 3 aromatic carbocycles. The average Bonchev–Trinajstić information content (AvgIpc) is 3.23. The fourth-order valence-corrected chi connectivity index (χ4v) is 7.06. The lowest BCUT2D eigenvalue weighted by Crippen LogP contribution is -2.39. The molecule has 41 heavy (non-hydrogen) atoms.